The average molecular weight is 460 g/mol. The fraction of sp³-hybridized carbons (Fsp3) is 0.240. The van der Waals surface area contributed by atoms with E-state index < -0.39 is 10.0 Å². The van der Waals surface area contributed by atoms with Gasteiger partial charge >= 0.3 is 0 Å². The van der Waals surface area contributed by atoms with E-state index >= 15 is 0 Å². The van der Waals surface area contributed by atoms with Gasteiger partial charge in [0.1, 0.15) is 4.90 Å². The van der Waals surface area contributed by atoms with Crippen molar-refractivity contribution in [3.8, 4) is 11.3 Å². The molecule has 0 saturated carbocycles. The molecule has 0 amide bonds. The van der Waals surface area contributed by atoms with Crippen LogP contribution in [0.5, 0.6) is 0 Å². The molecule has 0 unspecified atom stereocenters. The summed E-state index contributed by atoms with van der Waals surface area (Å²) in [5.41, 5.74) is 2.39. The molecule has 2 aromatic carbocycles. The first-order valence-corrected chi connectivity index (χ1v) is 12.6. The number of pyridine rings is 1. The minimum absolute atomic E-state index is 0.146. The number of fused-ring (bicyclic) bond motifs is 1. The van der Waals surface area contributed by atoms with Gasteiger partial charge in [-0.3, -0.25) is 9.71 Å². The molecule has 0 radical (unpaired) electrons. The molecule has 2 aromatic heterocycles. The zero-order valence-electron chi connectivity index (χ0n) is 18.2. The molecule has 3 heterocycles. The number of sulfonamides is 1. The van der Waals surface area contributed by atoms with Gasteiger partial charge in [-0.2, -0.15) is 0 Å². The molecule has 1 aliphatic rings. The summed E-state index contributed by atoms with van der Waals surface area (Å²) in [7, 11) is -3.82. The van der Waals surface area contributed by atoms with E-state index in [2.05, 4.69) is 24.8 Å². The van der Waals surface area contributed by atoms with Crippen molar-refractivity contribution in [3.63, 3.8) is 0 Å². The number of anilines is 2. The van der Waals surface area contributed by atoms with Gasteiger partial charge in [-0.1, -0.05) is 43.2 Å². The molecule has 0 atom stereocenters. The molecule has 1 fully saturated rings. The first-order valence-electron chi connectivity index (χ1n) is 11.2. The van der Waals surface area contributed by atoms with E-state index in [0.717, 1.165) is 29.9 Å². The SMILES string of the molecule is O=S(=O)(Nc1cccc(-c2ccc(N3CCCCCC3)nn2)c1)c1cccc2cccnc12. The second kappa shape index (κ2) is 9.15. The van der Waals surface area contributed by atoms with Gasteiger partial charge in [0.15, 0.2) is 5.82 Å². The summed E-state index contributed by atoms with van der Waals surface area (Å²) in [5, 5.41) is 9.62. The van der Waals surface area contributed by atoms with E-state index in [-0.39, 0.29) is 4.90 Å². The maximum Gasteiger partial charge on any atom is 0.264 e. The minimum atomic E-state index is -3.82. The van der Waals surface area contributed by atoms with E-state index in [9.17, 15) is 8.42 Å². The Morgan fingerprint density at radius 1 is 0.818 bits per heavy atom. The molecule has 168 valence electrons. The topological polar surface area (TPSA) is 88.1 Å². The molecule has 1 N–H and O–H groups in total. The molecule has 0 spiro atoms. The van der Waals surface area contributed by atoms with Crippen molar-refractivity contribution in [2.45, 2.75) is 30.6 Å². The molecule has 0 aliphatic carbocycles. The van der Waals surface area contributed by atoms with E-state index in [1.807, 2.05) is 30.3 Å². The maximum absolute atomic E-state index is 13.1. The molecular formula is C25H25N5O2S. The lowest BCUT2D eigenvalue weighted by molar-refractivity contribution is 0.602. The predicted octanol–water partition coefficient (Wildman–Crippen LogP) is 4.87. The highest BCUT2D eigenvalue weighted by Crippen LogP contribution is 2.26. The highest BCUT2D eigenvalue weighted by Gasteiger charge is 2.19. The average Bonchev–Trinajstić information content (AvgIpc) is 3.13. The highest BCUT2D eigenvalue weighted by atomic mass is 32.2. The monoisotopic (exact) mass is 459 g/mol. The summed E-state index contributed by atoms with van der Waals surface area (Å²) in [6.45, 7) is 2.02. The molecule has 1 saturated heterocycles. The number of rotatable bonds is 5. The van der Waals surface area contributed by atoms with Crippen LogP contribution in [0.1, 0.15) is 25.7 Å². The predicted molar refractivity (Wildman–Crippen MR) is 131 cm³/mol. The Balaban J connectivity index is 1.39. The zero-order valence-corrected chi connectivity index (χ0v) is 19.0. The highest BCUT2D eigenvalue weighted by molar-refractivity contribution is 7.93. The lowest BCUT2D eigenvalue weighted by Crippen LogP contribution is -2.25. The molecule has 33 heavy (non-hydrogen) atoms. The lowest BCUT2D eigenvalue weighted by Gasteiger charge is -2.20. The second-order valence-electron chi connectivity index (χ2n) is 8.20. The van der Waals surface area contributed by atoms with Gasteiger partial charge in [-0.05, 0) is 49.2 Å². The van der Waals surface area contributed by atoms with Crippen molar-refractivity contribution in [1.82, 2.24) is 15.2 Å². The number of aromatic nitrogens is 3. The Hall–Kier alpha value is -3.52. The summed E-state index contributed by atoms with van der Waals surface area (Å²) in [5.74, 6) is 0.890. The van der Waals surface area contributed by atoms with E-state index in [4.69, 9.17) is 0 Å². The quantitative estimate of drug-likeness (QED) is 0.458. The Kier molecular flexibility index (Phi) is 5.92. The van der Waals surface area contributed by atoms with Crippen molar-refractivity contribution in [3.05, 3.63) is 72.9 Å². The Morgan fingerprint density at radius 2 is 1.61 bits per heavy atom. The van der Waals surface area contributed by atoms with Crippen LogP contribution in [0.3, 0.4) is 0 Å². The molecule has 4 aromatic rings. The van der Waals surface area contributed by atoms with Gasteiger partial charge in [-0.15, -0.1) is 10.2 Å². The third-order valence-corrected chi connectivity index (χ3v) is 7.29. The number of nitrogens with one attached hydrogen (secondary N) is 1. The molecule has 5 rings (SSSR count). The first kappa shape index (κ1) is 21.3. The van der Waals surface area contributed by atoms with Crippen LogP contribution in [0, 0.1) is 0 Å². The number of nitrogens with zero attached hydrogens (tertiary/aromatic N) is 4. The Morgan fingerprint density at radius 3 is 2.39 bits per heavy atom. The fourth-order valence-corrected chi connectivity index (χ4v) is 5.42. The summed E-state index contributed by atoms with van der Waals surface area (Å²) >= 11 is 0. The maximum atomic E-state index is 13.1. The van der Waals surface area contributed by atoms with Crippen LogP contribution in [-0.2, 0) is 10.0 Å². The van der Waals surface area contributed by atoms with Crippen molar-refractivity contribution >= 4 is 32.4 Å². The van der Waals surface area contributed by atoms with Gasteiger partial charge < -0.3 is 4.90 Å². The number of para-hydroxylation sites is 1. The van der Waals surface area contributed by atoms with Gasteiger partial charge in [0, 0.05) is 35.9 Å². The largest absolute Gasteiger partial charge is 0.355 e. The third-order valence-electron chi connectivity index (χ3n) is 5.88. The van der Waals surface area contributed by atoms with E-state index in [0.29, 0.717) is 16.9 Å². The summed E-state index contributed by atoms with van der Waals surface area (Å²) < 4.78 is 28.9. The third kappa shape index (κ3) is 4.66. The Labute approximate surface area is 193 Å². The second-order valence-corrected chi connectivity index (χ2v) is 9.85. The minimum Gasteiger partial charge on any atom is -0.355 e. The van der Waals surface area contributed by atoms with Crippen molar-refractivity contribution < 1.29 is 8.42 Å². The van der Waals surface area contributed by atoms with Crippen LogP contribution >= 0.6 is 0 Å². The number of hydrogen-bond acceptors (Lipinski definition) is 6. The van der Waals surface area contributed by atoms with E-state index in [1.54, 1.807) is 42.6 Å². The van der Waals surface area contributed by atoms with Gasteiger partial charge in [0.25, 0.3) is 10.0 Å². The molecule has 8 heteroatoms. The van der Waals surface area contributed by atoms with Crippen molar-refractivity contribution in [1.29, 1.82) is 0 Å². The van der Waals surface area contributed by atoms with Gasteiger partial charge in [0.2, 0.25) is 0 Å². The zero-order chi connectivity index (χ0) is 22.7. The smallest absolute Gasteiger partial charge is 0.264 e. The van der Waals surface area contributed by atoms with Crippen molar-refractivity contribution in [2.24, 2.45) is 0 Å². The molecular weight excluding hydrogens is 434 g/mol. The normalized spacial score (nSPS) is 14.7. The Bertz CT molecular complexity index is 1360. The van der Waals surface area contributed by atoms with Gasteiger partial charge in [-0.25, -0.2) is 8.42 Å². The van der Waals surface area contributed by atoms with Crippen LogP contribution in [0.15, 0.2) is 77.8 Å². The van der Waals surface area contributed by atoms with Gasteiger partial charge in [0.05, 0.1) is 11.2 Å². The summed E-state index contributed by atoms with van der Waals surface area (Å²) in [6, 6.07) is 19.9. The number of hydrogen-bond donors (Lipinski definition) is 1. The van der Waals surface area contributed by atoms with Crippen LogP contribution in [0.2, 0.25) is 0 Å². The van der Waals surface area contributed by atoms with E-state index in [1.165, 1.54) is 25.7 Å². The lowest BCUT2D eigenvalue weighted by atomic mass is 10.1. The molecule has 1 aliphatic heterocycles. The molecule has 7 nitrogen and oxygen atoms in total. The summed E-state index contributed by atoms with van der Waals surface area (Å²) in [6.07, 6.45) is 6.48. The van der Waals surface area contributed by atoms with Crippen LogP contribution < -0.4 is 9.62 Å². The fourth-order valence-electron chi connectivity index (χ4n) is 4.19. The van der Waals surface area contributed by atoms with Crippen LogP contribution in [-0.4, -0.2) is 36.7 Å². The van der Waals surface area contributed by atoms with Crippen LogP contribution in [0.25, 0.3) is 22.2 Å². The number of benzene rings is 2. The van der Waals surface area contributed by atoms with Crippen LogP contribution in [0.4, 0.5) is 11.5 Å². The standard InChI is InChI=1S/C25H25N5O2S/c31-33(32,23-12-6-8-19-10-7-15-26-25(19)23)29-21-11-5-9-20(18-21)22-13-14-24(28-27-22)30-16-3-1-2-4-17-30/h5-15,18,29H,1-4,16-17H2. The summed E-state index contributed by atoms with van der Waals surface area (Å²) in [4.78, 5) is 6.70. The van der Waals surface area contributed by atoms with Crippen molar-refractivity contribution in [2.75, 3.05) is 22.7 Å². The first-order chi connectivity index (χ1) is 16.1. The molecule has 0 bridgehead atoms.